The van der Waals surface area contributed by atoms with Crippen molar-refractivity contribution in [2.24, 2.45) is 0 Å². The highest BCUT2D eigenvalue weighted by molar-refractivity contribution is 5.90. The summed E-state index contributed by atoms with van der Waals surface area (Å²) in [6, 6.07) is 17.0. The highest BCUT2D eigenvalue weighted by Gasteiger charge is 2.15. The number of benzene rings is 2. The normalized spacial score (nSPS) is 10.7. The van der Waals surface area contributed by atoms with Crippen molar-refractivity contribution in [3.63, 3.8) is 0 Å². The Morgan fingerprint density at radius 1 is 0.971 bits per heavy atom. The zero-order valence-electron chi connectivity index (χ0n) is 19.4. The lowest BCUT2D eigenvalue weighted by atomic mass is 10.2. The molecule has 0 aliphatic heterocycles. The molecule has 2 amide bonds. The summed E-state index contributed by atoms with van der Waals surface area (Å²) in [7, 11) is 4.58. The van der Waals surface area contributed by atoms with Crippen LogP contribution in [-0.2, 0) is 13.0 Å². The number of hydrogen-bond acceptors (Lipinski definition) is 6. The van der Waals surface area contributed by atoms with Crippen LogP contribution in [0.15, 0.2) is 60.8 Å². The third kappa shape index (κ3) is 5.03. The number of fused-ring (bicyclic) bond motifs is 1. The van der Waals surface area contributed by atoms with Crippen LogP contribution in [0.4, 0.5) is 10.5 Å². The first-order valence-corrected chi connectivity index (χ1v) is 10.8. The highest BCUT2D eigenvalue weighted by atomic mass is 16.5. The lowest BCUT2D eigenvalue weighted by molar-refractivity contribution is 0.252. The van der Waals surface area contributed by atoms with Crippen LogP contribution < -0.4 is 24.8 Å². The maximum atomic E-state index is 12.5. The number of carbonyl (C=O) groups is 1. The standard InChI is InChI=1S/C25H27N5O4/c1-32-20-14-18(15-21(33-2)23(20)34-3)28-25(31)27-13-11-22-29-19-10-7-12-26-24(19)30(22)16-17-8-5-4-6-9-17/h4-10,12,14-15H,11,13,16H2,1-3H3,(H2,27,28,31). The smallest absolute Gasteiger partial charge is 0.319 e. The molecular formula is C25H27N5O4. The number of carbonyl (C=O) groups excluding carboxylic acids is 1. The largest absolute Gasteiger partial charge is 0.493 e. The number of hydrogen-bond donors (Lipinski definition) is 2. The molecule has 4 rings (SSSR count). The monoisotopic (exact) mass is 461 g/mol. The minimum absolute atomic E-state index is 0.349. The number of rotatable bonds is 9. The predicted octanol–water partition coefficient (Wildman–Crippen LogP) is 3.87. The second-order valence-electron chi connectivity index (χ2n) is 7.49. The maximum Gasteiger partial charge on any atom is 0.319 e. The number of amides is 2. The molecule has 4 aromatic rings. The van der Waals surface area contributed by atoms with Crippen LogP contribution >= 0.6 is 0 Å². The van der Waals surface area contributed by atoms with Crippen LogP contribution in [0.1, 0.15) is 11.4 Å². The van der Waals surface area contributed by atoms with E-state index in [4.69, 9.17) is 19.2 Å². The Bertz CT molecular complexity index is 1250. The average molecular weight is 462 g/mol. The fourth-order valence-electron chi connectivity index (χ4n) is 3.74. The fraction of sp³-hybridized carbons (Fsp3) is 0.240. The molecule has 0 unspecified atom stereocenters. The van der Waals surface area contributed by atoms with E-state index in [9.17, 15) is 4.79 Å². The summed E-state index contributed by atoms with van der Waals surface area (Å²) in [6.07, 6.45) is 2.31. The maximum absolute atomic E-state index is 12.5. The van der Waals surface area contributed by atoms with Crippen LogP contribution in [0.5, 0.6) is 17.2 Å². The Labute approximate surface area is 197 Å². The Kier molecular flexibility index (Phi) is 7.12. The van der Waals surface area contributed by atoms with E-state index >= 15 is 0 Å². The van der Waals surface area contributed by atoms with Crippen molar-refractivity contribution in [2.75, 3.05) is 33.2 Å². The van der Waals surface area contributed by atoms with Gasteiger partial charge in [-0.15, -0.1) is 0 Å². The minimum Gasteiger partial charge on any atom is -0.493 e. The van der Waals surface area contributed by atoms with Crippen molar-refractivity contribution in [1.82, 2.24) is 19.9 Å². The van der Waals surface area contributed by atoms with E-state index in [1.807, 2.05) is 30.3 Å². The number of anilines is 1. The van der Waals surface area contributed by atoms with Crippen LogP contribution in [0.2, 0.25) is 0 Å². The molecule has 2 heterocycles. The molecule has 0 aliphatic rings. The third-order valence-corrected chi connectivity index (χ3v) is 5.32. The van der Waals surface area contributed by atoms with E-state index in [-0.39, 0.29) is 6.03 Å². The molecule has 2 N–H and O–H groups in total. The molecule has 176 valence electrons. The van der Waals surface area contributed by atoms with Gasteiger partial charge in [0.25, 0.3) is 0 Å². The van der Waals surface area contributed by atoms with Gasteiger partial charge in [0.1, 0.15) is 11.3 Å². The number of nitrogens with one attached hydrogen (secondary N) is 2. The van der Waals surface area contributed by atoms with E-state index in [0.29, 0.717) is 42.4 Å². The minimum atomic E-state index is -0.349. The van der Waals surface area contributed by atoms with Gasteiger partial charge in [0.15, 0.2) is 17.1 Å². The molecule has 0 radical (unpaired) electrons. The van der Waals surface area contributed by atoms with E-state index in [1.54, 1.807) is 18.3 Å². The first kappa shape index (κ1) is 22.9. The number of urea groups is 1. The number of pyridine rings is 1. The topological polar surface area (TPSA) is 99.5 Å². The summed E-state index contributed by atoms with van der Waals surface area (Å²) in [5.41, 5.74) is 3.33. The van der Waals surface area contributed by atoms with Gasteiger partial charge in [0.05, 0.1) is 33.6 Å². The van der Waals surface area contributed by atoms with E-state index in [0.717, 1.165) is 22.6 Å². The Balaban J connectivity index is 1.44. The number of methoxy groups -OCH3 is 3. The Morgan fingerprint density at radius 3 is 2.38 bits per heavy atom. The quantitative estimate of drug-likeness (QED) is 0.393. The molecule has 0 saturated heterocycles. The summed E-state index contributed by atoms with van der Waals surface area (Å²) in [6.45, 7) is 1.05. The molecule has 0 bridgehead atoms. The summed E-state index contributed by atoms with van der Waals surface area (Å²) < 4.78 is 18.1. The summed E-state index contributed by atoms with van der Waals surface area (Å²) >= 11 is 0. The second-order valence-corrected chi connectivity index (χ2v) is 7.49. The molecule has 2 aromatic heterocycles. The van der Waals surface area contributed by atoms with Crippen molar-refractivity contribution in [2.45, 2.75) is 13.0 Å². The van der Waals surface area contributed by atoms with Crippen LogP contribution in [0, 0.1) is 0 Å². The van der Waals surface area contributed by atoms with Gasteiger partial charge in [0, 0.05) is 31.3 Å². The lowest BCUT2D eigenvalue weighted by Gasteiger charge is -2.15. The van der Waals surface area contributed by atoms with Gasteiger partial charge in [-0.3, -0.25) is 0 Å². The number of aromatic nitrogens is 3. The van der Waals surface area contributed by atoms with E-state index in [2.05, 4.69) is 32.3 Å². The van der Waals surface area contributed by atoms with Crippen LogP contribution in [0.25, 0.3) is 11.2 Å². The summed E-state index contributed by atoms with van der Waals surface area (Å²) in [4.78, 5) is 21.8. The molecule has 0 fully saturated rings. The first-order chi connectivity index (χ1) is 16.6. The zero-order chi connectivity index (χ0) is 23.9. The second kappa shape index (κ2) is 10.6. The van der Waals surface area contributed by atoms with Crippen LogP contribution in [0.3, 0.4) is 0 Å². The number of imidazole rings is 1. The Morgan fingerprint density at radius 2 is 1.71 bits per heavy atom. The highest BCUT2D eigenvalue weighted by Crippen LogP contribution is 2.39. The fourth-order valence-corrected chi connectivity index (χ4v) is 3.74. The van der Waals surface area contributed by atoms with Crippen molar-refractivity contribution < 1.29 is 19.0 Å². The van der Waals surface area contributed by atoms with Gasteiger partial charge in [0.2, 0.25) is 5.75 Å². The summed E-state index contributed by atoms with van der Waals surface area (Å²) in [5.74, 6) is 2.23. The van der Waals surface area contributed by atoms with Gasteiger partial charge in [-0.25, -0.2) is 14.8 Å². The third-order valence-electron chi connectivity index (χ3n) is 5.32. The number of ether oxygens (including phenoxy) is 3. The molecule has 0 aliphatic carbocycles. The molecule has 0 saturated carbocycles. The molecule has 2 aromatic carbocycles. The molecule has 9 heteroatoms. The average Bonchev–Trinajstić information content (AvgIpc) is 3.21. The molecule has 9 nitrogen and oxygen atoms in total. The van der Waals surface area contributed by atoms with Gasteiger partial charge in [-0.05, 0) is 17.7 Å². The van der Waals surface area contributed by atoms with Gasteiger partial charge >= 0.3 is 6.03 Å². The van der Waals surface area contributed by atoms with E-state index < -0.39 is 0 Å². The lowest BCUT2D eigenvalue weighted by Crippen LogP contribution is -2.31. The summed E-state index contributed by atoms with van der Waals surface area (Å²) in [5, 5.41) is 5.69. The van der Waals surface area contributed by atoms with Crippen molar-refractivity contribution >= 4 is 22.9 Å². The molecule has 34 heavy (non-hydrogen) atoms. The SMILES string of the molecule is COc1cc(NC(=O)NCCc2nc3cccnc3n2Cc2ccccc2)cc(OC)c1OC. The van der Waals surface area contributed by atoms with Gasteiger partial charge in [-0.2, -0.15) is 0 Å². The predicted molar refractivity (Wildman–Crippen MR) is 130 cm³/mol. The van der Waals surface area contributed by atoms with E-state index in [1.165, 1.54) is 21.3 Å². The molecule has 0 atom stereocenters. The van der Waals surface area contributed by atoms with Crippen LogP contribution in [-0.4, -0.2) is 48.4 Å². The van der Waals surface area contributed by atoms with Crippen molar-refractivity contribution in [3.05, 3.63) is 72.2 Å². The van der Waals surface area contributed by atoms with Gasteiger partial charge in [-0.1, -0.05) is 30.3 Å². The molecule has 0 spiro atoms. The first-order valence-electron chi connectivity index (χ1n) is 10.8. The number of nitrogens with zero attached hydrogens (tertiary/aromatic N) is 3. The molecular weight excluding hydrogens is 434 g/mol. The Hall–Kier alpha value is -4.27. The van der Waals surface area contributed by atoms with Crippen molar-refractivity contribution in [3.8, 4) is 17.2 Å². The van der Waals surface area contributed by atoms with Gasteiger partial charge < -0.3 is 29.4 Å². The van der Waals surface area contributed by atoms with Crippen molar-refractivity contribution in [1.29, 1.82) is 0 Å². The zero-order valence-corrected chi connectivity index (χ0v) is 19.4.